The van der Waals surface area contributed by atoms with Gasteiger partial charge in [0.1, 0.15) is 0 Å². The van der Waals surface area contributed by atoms with Crippen LogP contribution in [0.4, 0.5) is 11.4 Å². The molecule has 0 amide bonds. The van der Waals surface area contributed by atoms with Crippen molar-refractivity contribution in [3.05, 3.63) is 23.8 Å². The fourth-order valence-electron chi connectivity index (χ4n) is 4.38. The van der Waals surface area contributed by atoms with E-state index in [-0.39, 0.29) is 0 Å². The summed E-state index contributed by atoms with van der Waals surface area (Å²) in [5.41, 5.74) is 4.30. The maximum Gasteiger partial charge on any atom is 0.0376 e. The highest BCUT2D eigenvalue weighted by molar-refractivity contribution is 5.62. The minimum atomic E-state index is 0.617. The van der Waals surface area contributed by atoms with Crippen LogP contribution < -0.4 is 10.2 Å². The molecule has 1 N–H and O–H groups in total. The van der Waals surface area contributed by atoms with Crippen LogP contribution in [0.15, 0.2) is 18.2 Å². The molecule has 3 aliphatic rings. The van der Waals surface area contributed by atoms with Crippen LogP contribution in [-0.2, 0) is 6.42 Å². The smallest absolute Gasteiger partial charge is 0.0376 e. The van der Waals surface area contributed by atoms with E-state index in [4.69, 9.17) is 0 Å². The monoisotopic (exact) mass is 285 g/mol. The lowest BCUT2D eigenvalue weighted by molar-refractivity contribution is 0.254. The zero-order valence-corrected chi connectivity index (χ0v) is 13.3. The Kier molecular flexibility index (Phi) is 3.33. The zero-order valence-electron chi connectivity index (χ0n) is 13.3. The van der Waals surface area contributed by atoms with Crippen molar-refractivity contribution in [2.24, 2.45) is 0 Å². The van der Waals surface area contributed by atoms with Gasteiger partial charge in [0.25, 0.3) is 0 Å². The molecule has 3 nitrogen and oxygen atoms in total. The summed E-state index contributed by atoms with van der Waals surface area (Å²) in [6, 6.07) is 9.25. The second-order valence-electron chi connectivity index (χ2n) is 7.21. The highest BCUT2D eigenvalue weighted by atomic mass is 15.3. The fraction of sp³-hybridized carbons (Fsp3) is 0.667. The van der Waals surface area contributed by atoms with Crippen LogP contribution in [-0.4, -0.2) is 43.2 Å². The largest absolute Gasteiger partial charge is 0.382 e. The number of hydrogen-bond acceptors (Lipinski definition) is 3. The third-order valence-electron chi connectivity index (χ3n) is 5.85. The first kappa shape index (κ1) is 13.4. The number of aryl methyl sites for hydroxylation is 1. The van der Waals surface area contributed by atoms with E-state index in [1.54, 1.807) is 0 Å². The number of fused-ring (bicyclic) bond motifs is 3. The molecule has 2 bridgehead atoms. The first-order valence-corrected chi connectivity index (χ1v) is 8.57. The van der Waals surface area contributed by atoms with Crippen molar-refractivity contribution in [2.75, 3.05) is 30.4 Å². The molecule has 114 valence electrons. The van der Waals surface area contributed by atoms with E-state index in [2.05, 4.69) is 47.3 Å². The van der Waals surface area contributed by atoms with Gasteiger partial charge in [0.15, 0.2) is 0 Å². The van der Waals surface area contributed by atoms with Crippen LogP contribution >= 0.6 is 0 Å². The van der Waals surface area contributed by atoms with E-state index in [0.717, 1.165) is 12.1 Å². The SMILES string of the molecule is CC1CCc2cc(N3CCC4CCC(C3)N4C)ccc2N1. The summed E-state index contributed by atoms with van der Waals surface area (Å²) in [5.74, 6) is 0. The van der Waals surface area contributed by atoms with Crippen molar-refractivity contribution in [3.8, 4) is 0 Å². The Morgan fingerprint density at radius 2 is 1.95 bits per heavy atom. The lowest BCUT2D eigenvalue weighted by Crippen LogP contribution is -2.36. The maximum absolute atomic E-state index is 3.61. The van der Waals surface area contributed by atoms with Gasteiger partial charge in [-0.1, -0.05) is 0 Å². The predicted octanol–water partition coefficient (Wildman–Crippen LogP) is 3.11. The van der Waals surface area contributed by atoms with Crippen molar-refractivity contribution in [2.45, 2.75) is 57.2 Å². The summed E-state index contributed by atoms with van der Waals surface area (Å²) in [7, 11) is 2.32. The average Bonchev–Trinajstić information content (AvgIpc) is 2.72. The standard InChI is InChI=1S/C18H27N3/c1-13-3-4-14-11-16(7-8-18(14)19-13)21-10-9-15-5-6-17(12-21)20(15)2/h7-8,11,13,15,17,19H,3-6,9-10,12H2,1-2H3. The highest BCUT2D eigenvalue weighted by Crippen LogP contribution is 2.33. The minimum absolute atomic E-state index is 0.617. The van der Waals surface area contributed by atoms with Gasteiger partial charge in [-0.15, -0.1) is 0 Å². The molecule has 4 rings (SSSR count). The molecule has 1 aromatic rings. The first-order chi connectivity index (χ1) is 10.2. The highest BCUT2D eigenvalue weighted by Gasteiger charge is 2.34. The molecule has 0 radical (unpaired) electrons. The average molecular weight is 285 g/mol. The number of rotatable bonds is 1. The maximum atomic E-state index is 3.61. The molecule has 0 spiro atoms. The lowest BCUT2D eigenvalue weighted by Gasteiger charge is -2.30. The third-order valence-corrected chi connectivity index (χ3v) is 5.85. The molecule has 3 unspecified atom stereocenters. The number of nitrogens with one attached hydrogen (secondary N) is 1. The van der Waals surface area contributed by atoms with Gasteiger partial charge in [0.05, 0.1) is 0 Å². The second-order valence-corrected chi connectivity index (χ2v) is 7.21. The molecule has 3 atom stereocenters. The Hall–Kier alpha value is -1.22. The molecule has 0 aliphatic carbocycles. The Labute approximate surface area is 128 Å². The van der Waals surface area contributed by atoms with Gasteiger partial charge in [0, 0.05) is 42.6 Å². The van der Waals surface area contributed by atoms with Crippen molar-refractivity contribution < 1.29 is 0 Å². The van der Waals surface area contributed by atoms with Crippen molar-refractivity contribution in [1.82, 2.24) is 4.90 Å². The lowest BCUT2D eigenvalue weighted by atomic mass is 9.98. The summed E-state index contributed by atoms with van der Waals surface area (Å²) in [5, 5.41) is 3.61. The van der Waals surface area contributed by atoms with Crippen LogP contribution in [0.2, 0.25) is 0 Å². The van der Waals surface area contributed by atoms with E-state index in [1.165, 1.54) is 62.1 Å². The van der Waals surface area contributed by atoms with Crippen LogP contribution in [0, 0.1) is 0 Å². The number of benzene rings is 1. The molecule has 21 heavy (non-hydrogen) atoms. The molecule has 0 aromatic heterocycles. The normalized spacial score (nSPS) is 32.5. The van der Waals surface area contributed by atoms with Gasteiger partial charge >= 0.3 is 0 Å². The molecular weight excluding hydrogens is 258 g/mol. The van der Waals surface area contributed by atoms with Crippen molar-refractivity contribution >= 4 is 11.4 Å². The molecular formula is C18H27N3. The van der Waals surface area contributed by atoms with Crippen molar-refractivity contribution in [3.63, 3.8) is 0 Å². The molecule has 1 aromatic carbocycles. The zero-order chi connectivity index (χ0) is 14.4. The van der Waals surface area contributed by atoms with Gasteiger partial charge in [-0.05, 0) is 69.8 Å². The van der Waals surface area contributed by atoms with Crippen molar-refractivity contribution in [1.29, 1.82) is 0 Å². The number of anilines is 2. The summed E-state index contributed by atoms with van der Waals surface area (Å²) >= 11 is 0. The summed E-state index contributed by atoms with van der Waals surface area (Å²) in [6.07, 6.45) is 6.57. The van der Waals surface area contributed by atoms with E-state index in [9.17, 15) is 0 Å². The predicted molar refractivity (Wildman–Crippen MR) is 89.3 cm³/mol. The van der Waals surface area contributed by atoms with Crippen LogP contribution in [0.1, 0.15) is 38.2 Å². The van der Waals surface area contributed by atoms with Crippen LogP contribution in [0.25, 0.3) is 0 Å². The third kappa shape index (κ3) is 2.42. The molecule has 3 heterocycles. The van der Waals surface area contributed by atoms with Gasteiger partial charge in [-0.2, -0.15) is 0 Å². The fourth-order valence-corrected chi connectivity index (χ4v) is 4.38. The van der Waals surface area contributed by atoms with Gasteiger partial charge in [0.2, 0.25) is 0 Å². The Balaban J connectivity index is 1.56. The first-order valence-electron chi connectivity index (χ1n) is 8.57. The second kappa shape index (κ2) is 5.20. The quantitative estimate of drug-likeness (QED) is 0.855. The van der Waals surface area contributed by atoms with E-state index in [0.29, 0.717) is 6.04 Å². The Bertz CT molecular complexity index is 527. The van der Waals surface area contributed by atoms with Gasteiger partial charge in [-0.3, -0.25) is 4.90 Å². The Morgan fingerprint density at radius 3 is 2.86 bits per heavy atom. The van der Waals surface area contributed by atoms with E-state index >= 15 is 0 Å². The number of hydrogen-bond donors (Lipinski definition) is 1. The number of nitrogens with zero attached hydrogens (tertiary/aromatic N) is 2. The molecule has 2 saturated heterocycles. The van der Waals surface area contributed by atoms with Gasteiger partial charge in [-0.25, -0.2) is 0 Å². The molecule has 3 heteroatoms. The number of likely N-dealkylation sites (N-methyl/N-ethyl adjacent to an activating group) is 1. The molecule has 2 fully saturated rings. The minimum Gasteiger partial charge on any atom is -0.382 e. The summed E-state index contributed by atoms with van der Waals surface area (Å²) in [6.45, 7) is 4.70. The van der Waals surface area contributed by atoms with Crippen LogP contribution in [0.3, 0.4) is 0 Å². The van der Waals surface area contributed by atoms with Gasteiger partial charge < -0.3 is 10.2 Å². The molecule has 3 aliphatic heterocycles. The molecule has 0 saturated carbocycles. The summed E-state index contributed by atoms with van der Waals surface area (Å²) < 4.78 is 0. The topological polar surface area (TPSA) is 18.5 Å². The summed E-state index contributed by atoms with van der Waals surface area (Å²) in [4.78, 5) is 5.25. The van der Waals surface area contributed by atoms with Crippen LogP contribution in [0.5, 0.6) is 0 Å². The Morgan fingerprint density at radius 1 is 1.10 bits per heavy atom. The van der Waals surface area contributed by atoms with E-state index in [1.807, 2.05) is 0 Å². The van der Waals surface area contributed by atoms with E-state index < -0.39 is 0 Å².